The molecule has 7 nitrogen and oxygen atoms in total. The van der Waals surface area contributed by atoms with E-state index in [1.807, 2.05) is 0 Å². The lowest BCUT2D eigenvalue weighted by Crippen LogP contribution is -2.25. The highest BCUT2D eigenvalue weighted by Gasteiger charge is 2.14. The van der Waals surface area contributed by atoms with Crippen molar-refractivity contribution in [1.29, 1.82) is 0 Å². The van der Waals surface area contributed by atoms with E-state index in [2.05, 4.69) is 9.71 Å². The lowest BCUT2D eigenvalue weighted by Gasteiger charge is -2.07. The fraction of sp³-hybridized carbons (Fsp3) is 0.231. The Bertz CT molecular complexity index is 774. The molecule has 2 rings (SSSR count). The van der Waals surface area contributed by atoms with E-state index in [0.29, 0.717) is 23.1 Å². The Morgan fingerprint density at radius 1 is 1.24 bits per heavy atom. The molecule has 1 aromatic heterocycles. The van der Waals surface area contributed by atoms with E-state index in [9.17, 15) is 13.2 Å². The zero-order valence-electron chi connectivity index (χ0n) is 11.2. The molecule has 0 saturated carbocycles. The SMILES string of the molecule is NC(=O)CCCNS(=O)(=O)c1ccc2nc(N)ccc2c1. The number of pyridine rings is 1. The third-order valence-electron chi connectivity index (χ3n) is 2.88. The largest absolute Gasteiger partial charge is 0.384 e. The smallest absolute Gasteiger partial charge is 0.240 e. The van der Waals surface area contributed by atoms with Gasteiger partial charge in [0.05, 0.1) is 10.4 Å². The Morgan fingerprint density at radius 2 is 2.00 bits per heavy atom. The number of benzene rings is 1. The molecule has 0 unspecified atom stereocenters. The molecule has 0 aliphatic rings. The number of rotatable bonds is 6. The van der Waals surface area contributed by atoms with Gasteiger partial charge in [-0.15, -0.1) is 0 Å². The van der Waals surface area contributed by atoms with Gasteiger partial charge in [-0.1, -0.05) is 0 Å². The first-order valence-electron chi connectivity index (χ1n) is 6.33. The summed E-state index contributed by atoms with van der Waals surface area (Å²) in [5.74, 6) is -0.0775. The zero-order chi connectivity index (χ0) is 15.5. The van der Waals surface area contributed by atoms with Gasteiger partial charge in [-0.3, -0.25) is 4.79 Å². The number of nitrogen functional groups attached to an aromatic ring is 1. The predicted molar refractivity (Wildman–Crippen MR) is 79.8 cm³/mol. The number of aromatic nitrogens is 1. The van der Waals surface area contributed by atoms with E-state index in [-0.39, 0.29) is 17.9 Å². The Labute approximate surface area is 122 Å². The summed E-state index contributed by atoms with van der Waals surface area (Å²) in [5, 5.41) is 0.684. The molecule has 0 saturated heterocycles. The Morgan fingerprint density at radius 3 is 2.71 bits per heavy atom. The van der Waals surface area contributed by atoms with Crippen molar-refractivity contribution in [3.05, 3.63) is 30.3 Å². The number of anilines is 1. The summed E-state index contributed by atoms with van der Waals surface area (Å²) >= 11 is 0. The van der Waals surface area contributed by atoms with Crippen LogP contribution in [0.3, 0.4) is 0 Å². The second-order valence-electron chi connectivity index (χ2n) is 4.56. The van der Waals surface area contributed by atoms with Gasteiger partial charge in [0.1, 0.15) is 5.82 Å². The predicted octanol–water partition coefficient (Wildman–Crippen LogP) is 0.361. The molecule has 0 spiro atoms. The third kappa shape index (κ3) is 3.89. The van der Waals surface area contributed by atoms with Crippen molar-refractivity contribution >= 4 is 32.7 Å². The average Bonchev–Trinajstić information content (AvgIpc) is 2.43. The van der Waals surface area contributed by atoms with Crippen LogP contribution in [0.4, 0.5) is 5.82 Å². The summed E-state index contributed by atoms with van der Waals surface area (Å²) in [4.78, 5) is 14.8. The van der Waals surface area contributed by atoms with Gasteiger partial charge >= 0.3 is 0 Å². The van der Waals surface area contributed by atoms with Crippen LogP contribution in [0.15, 0.2) is 35.2 Å². The third-order valence-corrected chi connectivity index (χ3v) is 4.34. The van der Waals surface area contributed by atoms with Crippen LogP contribution in [-0.2, 0) is 14.8 Å². The Kier molecular flexibility index (Phi) is 4.39. The molecule has 0 fully saturated rings. The van der Waals surface area contributed by atoms with E-state index in [1.165, 1.54) is 12.1 Å². The maximum absolute atomic E-state index is 12.1. The molecule has 1 aromatic carbocycles. The molecule has 0 aliphatic heterocycles. The summed E-state index contributed by atoms with van der Waals surface area (Å²) < 4.78 is 26.7. The van der Waals surface area contributed by atoms with E-state index in [4.69, 9.17) is 11.5 Å². The minimum atomic E-state index is -3.62. The molecule has 8 heteroatoms. The van der Waals surface area contributed by atoms with Gasteiger partial charge < -0.3 is 11.5 Å². The summed E-state index contributed by atoms with van der Waals surface area (Å²) in [6.07, 6.45) is 0.504. The van der Waals surface area contributed by atoms with Crippen LogP contribution in [0, 0.1) is 0 Å². The normalized spacial score (nSPS) is 11.6. The maximum Gasteiger partial charge on any atom is 0.240 e. The Hall–Kier alpha value is -2.19. The fourth-order valence-corrected chi connectivity index (χ4v) is 2.95. The number of nitrogens with two attached hydrogens (primary N) is 2. The molecule has 1 heterocycles. The second kappa shape index (κ2) is 6.06. The van der Waals surface area contributed by atoms with Gasteiger partial charge in [0.25, 0.3) is 0 Å². The number of hydrogen-bond donors (Lipinski definition) is 3. The standard InChI is InChI=1S/C13H16N4O3S/c14-12-6-3-9-8-10(4-5-11(9)17-12)21(19,20)16-7-1-2-13(15)18/h3-6,8,16H,1-2,7H2,(H2,14,17)(H2,15,18). The molecule has 5 N–H and O–H groups in total. The molecule has 0 aliphatic carbocycles. The first kappa shape index (κ1) is 15.2. The van der Waals surface area contributed by atoms with E-state index < -0.39 is 15.9 Å². The zero-order valence-corrected chi connectivity index (χ0v) is 12.1. The van der Waals surface area contributed by atoms with Crippen molar-refractivity contribution in [2.75, 3.05) is 12.3 Å². The first-order chi connectivity index (χ1) is 9.88. The van der Waals surface area contributed by atoms with E-state index in [0.717, 1.165) is 0 Å². The van der Waals surface area contributed by atoms with Crippen LogP contribution in [-0.4, -0.2) is 25.9 Å². The topological polar surface area (TPSA) is 128 Å². The van der Waals surface area contributed by atoms with Crippen LogP contribution in [0.25, 0.3) is 10.9 Å². The lowest BCUT2D eigenvalue weighted by atomic mass is 10.2. The molecule has 1 amide bonds. The van der Waals surface area contributed by atoms with Crippen molar-refractivity contribution in [2.24, 2.45) is 5.73 Å². The van der Waals surface area contributed by atoms with Crippen LogP contribution < -0.4 is 16.2 Å². The van der Waals surface area contributed by atoms with Crippen LogP contribution >= 0.6 is 0 Å². The van der Waals surface area contributed by atoms with Crippen molar-refractivity contribution < 1.29 is 13.2 Å². The molecular formula is C13H16N4O3S. The number of nitrogens with zero attached hydrogens (tertiary/aromatic N) is 1. The average molecular weight is 308 g/mol. The molecule has 0 atom stereocenters. The second-order valence-corrected chi connectivity index (χ2v) is 6.33. The molecular weight excluding hydrogens is 292 g/mol. The summed E-state index contributed by atoms with van der Waals surface area (Å²) in [6.45, 7) is 0.156. The van der Waals surface area contributed by atoms with Gasteiger partial charge in [0, 0.05) is 18.4 Å². The number of amides is 1. The Balaban J connectivity index is 2.16. The van der Waals surface area contributed by atoms with Gasteiger partial charge in [-0.2, -0.15) is 0 Å². The number of nitrogens with one attached hydrogen (secondary N) is 1. The monoisotopic (exact) mass is 308 g/mol. The summed E-state index contributed by atoms with van der Waals surface area (Å²) in [7, 11) is -3.62. The lowest BCUT2D eigenvalue weighted by molar-refractivity contribution is -0.118. The molecule has 0 radical (unpaired) electrons. The number of carbonyl (C=O) groups excluding carboxylic acids is 1. The minimum absolute atomic E-state index is 0.139. The number of primary amides is 1. The van der Waals surface area contributed by atoms with E-state index >= 15 is 0 Å². The summed E-state index contributed by atoms with van der Waals surface area (Å²) in [5.41, 5.74) is 11.2. The van der Waals surface area contributed by atoms with Gasteiger partial charge in [-0.25, -0.2) is 18.1 Å². The quantitative estimate of drug-likeness (QED) is 0.664. The first-order valence-corrected chi connectivity index (χ1v) is 7.81. The number of fused-ring (bicyclic) bond motifs is 1. The van der Waals surface area contributed by atoms with Crippen LogP contribution in [0.1, 0.15) is 12.8 Å². The van der Waals surface area contributed by atoms with Crippen molar-refractivity contribution in [2.45, 2.75) is 17.7 Å². The van der Waals surface area contributed by atoms with Crippen LogP contribution in [0.5, 0.6) is 0 Å². The highest BCUT2D eigenvalue weighted by molar-refractivity contribution is 7.89. The maximum atomic E-state index is 12.1. The van der Waals surface area contributed by atoms with E-state index in [1.54, 1.807) is 18.2 Å². The van der Waals surface area contributed by atoms with Gasteiger partial charge in [-0.05, 0) is 36.8 Å². The minimum Gasteiger partial charge on any atom is -0.384 e. The number of sulfonamides is 1. The van der Waals surface area contributed by atoms with Crippen LogP contribution in [0.2, 0.25) is 0 Å². The number of carbonyl (C=O) groups is 1. The van der Waals surface area contributed by atoms with Crippen molar-refractivity contribution in [3.8, 4) is 0 Å². The number of hydrogen-bond acceptors (Lipinski definition) is 5. The van der Waals surface area contributed by atoms with Crippen molar-refractivity contribution in [1.82, 2.24) is 9.71 Å². The summed E-state index contributed by atoms with van der Waals surface area (Å²) in [6, 6.07) is 7.91. The highest BCUT2D eigenvalue weighted by Crippen LogP contribution is 2.18. The highest BCUT2D eigenvalue weighted by atomic mass is 32.2. The van der Waals surface area contributed by atoms with Gasteiger partial charge in [0.15, 0.2) is 0 Å². The van der Waals surface area contributed by atoms with Crippen molar-refractivity contribution in [3.63, 3.8) is 0 Å². The molecule has 0 bridgehead atoms. The molecule has 2 aromatic rings. The van der Waals surface area contributed by atoms with Gasteiger partial charge in [0.2, 0.25) is 15.9 Å². The molecule has 112 valence electrons. The molecule has 21 heavy (non-hydrogen) atoms. The fourth-order valence-electron chi connectivity index (χ4n) is 1.84.